The minimum Gasteiger partial charge on any atom is -0.516 e. The molecule has 1 aromatic carbocycles. The van der Waals surface area contributed by atoms with Gasteiger partial charge in [0.15, 0.2) is 0 Å². The maximum atomic E-state index is 8.37. The molecule has 0 fully saturated rings. The van der Waals surface area contributed by atoms with E-state index in [0.29, 0.717) is 0 Å². The molecule has 0 heterocycles. The van der Waals surface area contributed by atoms with E-state index in [4.69, 9.17) is 5.11 Å². The number of allylic oxidation sites excluding steroid dienone is 3. The van der Waals surface area contributed by atoms with Crippen LogP contribution < -0.4 is 0 Å². The molecule has 1 rings (SSSR count). The Morgan fingerprint density at radius 2 is 1.77 bits per heavy atom. The van der Waals surface area contributed by atoms with E-state index in [1.54, 1.807) is 6.08 Å². The van der Waals surface area contributed by atoms with Crippen molar-refractivity contribution in [2.45, 2.75) is 12.8 Å². The lowest BCUT2D eigenvalue weighted by Gasteiger charge is -1.93. The summed E-state index contributed by atoms with van der Waals surface area (Å²) in [5.41, 5.74) is 1.31. The number of benzene rings is 1. The molecule has 0 radical (unpaired) electrons. The van der Waals surface area contributed by atoms with E-state index in [0.717, 1.165) is 19.1 Å². The van der Waals surface area contributed by atoms with Crippen LogP contribution in [0.5, 0.6) is 0 Å². The van der Waals surface area contributed by atoms with E-state index in [1.165, 1.54) is 5.56 Å². The molecule has 1 heteroatoms. The van der Waals surface area contributed by atoms with Gasteiger partial charge in [-0.2, -0.15) is 0 Å². The predicted molar refractivity (Wildman–Crippen MR) is 55.7 cm³/mol. The molecule has 0 aromatic heterocycles. The third kappa shape index (κ3) is 4.16. The molecule has 0 aliphatic carbocycles. The van der Waals surface area contributed by atoms with Crippen molar-refractivity contribution in [3.05, 3.63) is 60.4 Å². The highest BCUT2D eigenvalue weighted by Crippen LogP contribution is 2.00. The first-order valence-corrected chi connectivity index (χ1v) is 4.41. The van der Waals surface area contributed by atoms with Gasteiger partial charge in [-0.3, -0.25) is 0 Å². The highest BCUT2D eigenvalue weighted by Gasteiger charge is 1.84. The van der Waals surface area contributed by atoms with Gasteiger partial charge in [0.05, 0.1) is 6.26 Å². The van der Waals surface area contributed by atoms with E-state index in [-0.39, 0.29) is 0 Å². The summed E-state index contributed by atoms with van der Waals surface area (Å²) in [6, 6.07) is 10.3. The van der Waals surface area contributed by atoms with Gasteiger partial charge in [0, 0.05) is 0 Å². The van der Waals surface area contributed by atoms with E-state index in [1.807, 2.05) is 24.3 Å². The van der Waals surface area contributed by atoms with Crippen molar-refractivity contribution >= 4 is 0 Å². The molecule has 1 aromatic rings. The number of aliphatic hydroxyl groups excluding tert-OH is 1. The number of aliphatic hydroxyl groups is 1. The van der Waals surface area contributed by atoms with Crippen molar-refractivity contribution in [3.63, 3.8) is 0 Å². The SMILES string of the molecule is O/C=C/C/C=C/Cc1ccccc1. The number of hydrogen-bond donors (Lipinski definition) is 1. The summed E-state index contributed by atoms with van der Waals surface area (Å²) in [7, 11) is 0. The first-order valence-electron chi connectivity index (χ1n) is 4.41. The summed E-state index contributed by atoms with van der Waals surface area (Å²) >= 11 is 0. The first-order chi connectivity index (χ1) is 6.43. The predicted octanol–water partition coefficient (Wildman–Crippen LogP) is 3.25. The fourth-order valence-corrected chi connectivity index (χ4v) is 1.07. The fourth-order valence-electron chi connectivity index (χ4n) is 1.07. The van der Waals surface area contributed by atoms with Gasteiger partial charge < -0.3 is 5.11 Å². The molecule has 0 bridgehead atoms. The maximum absolute atomic E-state index is 8.37. The van der Waals surface area contributed by atoms with Gasteiger partial charge in [-0.25, -0.2) is 0 Å². The second-order valence-electron chi connectivity index (χ2n) is 2.78. The monoisotopic (exact) mass is 174 g/mol. The van der Waals surface area contributed by atoms with Crippen LogP contribution >= 0.6 is 0 Å². The van der Waals surface area contributed by atoms with Gasteiger partial charge in [0.2, 0.25) is 0 Å². The van der Waals surface area contributed by atoms with Crippen LogP contribution in [0.4, 0.5) is 0 Å². The Morgan fingerprint density at radius 1 is 1.00 bits per heavy atom. The molecule has 0 atom stereocenters. The summed E-state index contributed by atoms with van der Waals surface area (Å²) in [6.45, 7) is 0. The van der Waals surface area contributed by atoms with Crippen LogP contribution in [0, 0.1) is 0 Å². The third-order valence-electron chi connectivity index (χ3n) is 1.74. The molecule has 0 saturated carbocycles. The Balaban J connectivity index is 2.31. The minimum absolute atomic E-state index is 0.795. The Labute approximate surface area is 79.0 Å². The van der Waals surface area contributed by atoms with E-state index < -0.39 is 0 Å². The lowest BCUT2D eigenvalue weighted by molar-refractivity contribution is 0.471. The zero-order valence-electron chi connectivity index (χ0n) is 7.56. The zero-order chi connectivity index (χ0) is 9.36. The average molecular weight is 174 g/mol. The van der Waals surface area contributed by atoms with Crippen LogP contribution in [-0.2, 0) is 6.42 Å². The molecule has 13 heavy (non-hydrogen) atoms. The first kappa shape index (κ1) is 9.59. The lowest BCUT2D eigenvalue weighted by Crippen LogP contribution is -1.77. The van der Waals surface area contributed by atoms with Crippen LogP contribution in [0.25, 0.3) is 0 Å². The van der Waals surface area contributed by atoms with Crippen molar-refractivity contribution in [1.82, 2.24) is 0 Å². The molecule has 0 aliphatic heterocycles. The quantitative estimate of drug-likeness (QED) is 0.548. The fraction of sp³-hybridized carbons (Fsp3) is 0.167. The zero-order valence-corrected chi connectivity index (χ0v) is 7.56. The Kier molecular flexibility index (Phi) is 4.47. The highest BCUT2D eigenvalue weighted by molar-refractivity contribution is 5.17. The summed E-state index contributed by atoms with van der Waals surface area (Å²) in [4.78, 5) is 0. The number of hydrogen-bond acceptors (Lipinski definition) is 1. The van der Waals surface area contributed by atoms with Crippen molar-refractivity contribution in [2.24, 2.45) is 0 Å². The van der Waals surface area contributed by atoms with Gasteiger partial charge >= 0.3 is 0 Å². The molecule has 0 unspecified atom stereocenters. The Bertz CT molecular complexity index is 272. The van der Waals surface area contributed by atoms with Gasteiger partial charge in [0.1, 0.15) is 0 Å². The van der Waals surface area contributed by atoms with E-state index in [2.05, 4.69) is 18.2 Å². The third-order valence-corrected chi connectivity index (χ3v) is 1.74. The highest BCUT2D eigenvalue weighted by atomic mass is 16.2. The lowest BCUT2D eigenvalue weighted by atomic mass is 10.1. The van der Waals surface area contributed by atoms with Gasteiger partial charge in [0.25, 0.3) is 0 Å². The van der Waals surface area contributed by atoms with Crippen molar-refractivity contribution in [3.8, 4) is 0 Å². The van der Waals surface area contributed by atoms with Crippen LogP contribution in [0.2, 0.25) is 0 Å². The van der Waals surface area contributed by atoms with Gasteiger partial charge in [-0.1, -0.05) is 42.5 Å². The molecule has 0 amide bonds. The van der Waals surface area contributed by atoms with E-state index in [9.17, 15) is 0 Å². The molecule has 0 spiro atoms. The van der Waals surface area contributed by atoms with Crippen molar-refractivity contribution in [1.29, 1.82) is 0 Å². The molecule has 68 valence electrons. The van der Waals surface area contributed by atoms with Crippen molar-refractivity contribution in [2.75, 3.05) is 0 Å². The molecule has 0 saturated heterocycles. The second kappa shape index (κ2) is 6.06. The second-order valence-corrected chi connectivity index (χ2v) is 2.78. The van der Waals surface area contributed by atoms with Crippen LogP contribution in [0.15, 0.2) is 54.8 Å². The standard InChI is InChI=1S/C12H14O/c13-11-7-2-1-4-8-12-9-5-3-6-10-12/h1,3-7,9-11,13H,2,8H2/b4-1+,11-7+. The smallest absolute Gasteiger partial charge is 0.0754 e. The topological polar surface area (TPSA) is 20.2 Å². The molecule has 1 nitrogen and oxygen atoms in total. The average Bonchev–Trinajstić information content (AvgIpc) is 2.19. The Hall–Kier alpha value is -1.50. The van der Waals surface area contributed by atoms with Crippen molar-refractivity contribution < 1.29 is 5.11 Å². The Morgan fingerprint density at radius 3 is 2.46 bits per heavy atom. The summed E-state index contributed by atoms with van der Waals surface area (Å²) < 4.78 is 0. The van der Waals surface area contributed by atoms with Crippen LogP contribution in [-0.4, -0.2) is 5.11 Å². The summed E-state index contributed by atoms with van der Waals surface area (Å²) in [6.07, 6.45) is 8.69. The molecular formula is C12H14O. The van der Waals surface area contributed by atoms with Crippen LogP contribution in [0.3, 0.4) is 0 Å². The van der Waals surface area contributed by atoms with E-state index >= 15 is 0 Å². The maximum Gasteiger partial charge on any atom is 0.0754 e. The van der Waals surface area contributed by atoms with Gasteiger partial charge in [-0.05, 0) is 24.5 Å². The minimum atomic E-state index is 0.795. The summed E-state index contributed by atoms with van der Waals surface area (Å²) in [5.74, 6) is 0. The molecular weight excluding hydrogens is 160 g/mol. The van der Waals surface area contributed by atoms with Gasteiger partial charge in [-0.15, -0.1) is 0 Å². The molecule has 1 N–H and O–H groups in total. The summed E-state index contributed by atoms with van der Waals surface area (Å²) in [5, 5.41) is 8.37. The largest absolute Gasteiger partial charge is 0.516 e. The normalized spacial score (nSPS) is 11.4. The molecule has 0 aliphatic rings. The van der Waals surface area contributed by atoms with Crippen LogP contribution in [0.1, 0.15) is 12.0 Å². The number of rotatable bonds is 4.